The summed E-state index contributed by atoms with van der Waals surface area (Å²) in [4.78, 5) is 19.5. The van der Waals surface area contributed by atoms with Crippen LogP contribution in [0, 0.1) is 5.41 Å². The van der Waals surface area contributed by atoms with E-state index in [9.17, 15) is 4.79 Å². The van der Waals surface area contributed by atoms with E-state index in [1.54, 1.807) is 13.3 Å². The smallest absolute Gasteiger partial charge is 0.255 e. The summed E-state index contributed by atoms with van der Waals surface area (Å²) in [6.07, 6.45) is 6.15. The molecule has 0 unspecified atom stereocenters. The van der Waals surface area contributed by atoms with Gasteiger partial charge in [-0.1, -0.05) is 0 Å². The summed E-state index contributed by atoms with van der Waals surface area (Å²) >= 11 is 0. The van der Waals surface area contributed by atoms with E-state index >= 15 is 0 Å². The normalized spacial score (nSPS) is 20.1. The molecule has 0 bridgehead atoms. The van der Waals surface area contributed by atoms with Crippen LogP contribution in [0.3, 0.4) is 0 Å². The molecule has 0 aromatic carbocycles. The van der Waals surface area contributed by atoms with E-state index in [-0.39, 0.29) is 11.3 Å². The fourth-order valence-electron chi connectivity index (χ4n) is 3.75. The zero-order valence-electron chi connectivity index (χ0n) is 14.5. The number of carbonyl (C=O) groups excluding carboxylic acids is 1. The number of amides is 1. The van der Waals surface area contributed by atoms with E-state index in [0.29, 0.717) is 18.7 Å². The molecule has 132 valence electrons. The van der Waals surface area contributed by atoms with Crippen molar-refractivity contribution in [2.24, 2.45) is 5.41 Å². The van der Waals surface area contributed by atoms with E-state index in [1.807, 2.05) is 12.1 Å². The van der Waals surface area contributed by atoms with E-state index in [1.165, 1.54) is 12.8 Å². The van der Waals surface area contributed by atoms with E-state index < -0.39 is 0 Å². The molecule has 0 radical (unpaired) electrons. The predicted molar refractivity (Wildman–Crippen MR) is 94.4 cm³/mol. The zero-order valence-corrected chi connectivity index (χ0v) is 14.5. The summed E-state index contributed by atoms with van der Waals surface area (Å²) in [6.45, 7) is 5.25. The lowest BCUT2D eigenvalue weighted by atomic mass is 9.79. The Morgan fingerprint density at radius 3 is 2.83 bits per heavy atom. The second kappa shape index (κ2) is 7.94. The van der Waals surface area contributed by atoms with Gasteiger partial charge in [0.25, 0.3) is 5.91 Å². The van der Waals surface area contributed by atoms with Gasteiger partial charge >= 0.3 is 0 Å². The molecule has 3 heterocycles. The molecule has 0 aliphatic carbocycles. The molecule has 0 spiro atoms. The Balaban J connectivity index is 1.68. The number of hydrogen-bond donors (Lipinski definition) is 2. The third-order valence-corrected chi connectivity index (χ3v) is 5.18. The quantitative estimate of drug-likeness (QED) is 0.825. The number of carbonyl (C=O) groups is 1. The largest absolute Gasteiger partial charge is 0.384 e. The van der Waals surface area contributed by atoms with Crippen LogP contribution in [-0.2, 0) is 4.74 Å². The van der Waals surface area contributed by atoms with Gasteiger partial charge < -0.3 is 20.3 Å². The van der Waals surface area contributed by atoms with Gasteiger partial charge in [-0.25, -0.2) is 4.98 Å². The number of piperidine rings is 1. The predicted octanol–water partition coefficient (Wildman–Crippen LogP) is 1.43. The van der Waals surface area contributed by atoms with Gasteiger partial charge in [0, 0.05) is 38.4 Å². The Bertz CT molecular complexity index is 546. The first-order valence-electron chi connectivity index (χ1n) is 8.92. The SMILES string of the molecule is COCC1(CNC(=O)c2cccnc2N2CCCC2)CCNCC1. The third-order valence-electron chi connectivity index (χ3n) is 5.18. The number of ether oxygens (including phenoxy) is 1. The summed E-state index contributed by atoms with van der Waals surface area (Å²) < 4.78 is 5.43. The molecule has 2 N–H and O–H groups in total. The lowest BCUT2D eigenvalue weighted by Gasteiger charge is -2.37. The Hall–Kier alpha value is -1.66. The third kappa shape index (κ3) is 3.87. The van der Waals surface area contributed by atoms with Crippen molar-refractivity contribution in [1.29, 1.82) is 0 Å². The van der Waals surface area contributed by atoms with Crippen molar-refractivity contribution in [3.05, 3.63) is 23.9 Å². The average Bonchev–Trinajstić information content (AvgIpc) is 3.15. The fraction of sp³-hybridized carbons (Fsp3) is 0.667. The Morgan fingerprint density at radius 1 is 1.38 bits per heavy atom. The van der Waals surface area contributed by atoms with Crippen LogP contribution >= 0.6 is 0 Å². The van der Waals surface area contributed by atoms with Gasteiger partial charge in [0.05, 0.1) is 12.2 Å². The lowest BCUT2D eigenvalue weighted by molar-refractivity contribution is 0.0512. The van der Waals surface area contributed by atoms with Gasteiger partial charge in [-0.15, -0.1) is 0 Å². The summed E-state index contributed by atoms with van der Waals surface area (Å²) in [7, 11) is 1.73. The highest BCUT2D eigenvalue weighted by Crippen LogP contribution is 2.29. The van der Waals surface area contributed by atoms with Gasteiger partial charge in [0.1, 0.15) is 5.82 Å². The summed E-state index contributed by atoms with van der Waals surface area (Å²) in [5.41, 5.74) is 0.715. The van der Waals surface area contributed by atoms with Crippen LogP contribution in [0.4, 0.5) is 5.82 Å². The van der Waals surface area contributed by atoms with Crippen molar-refractivity contribution in [3.8, 4) is 0 Å². The van der Waals surface area contributed by atoms with Crippen molar-refractivity contribution in [2.45, 2.75) is 25.7 Å². The monoisotopic (exact) mass is 332 g/mol. The van der Waals surface area contributed by atoms with Gasteiger partial charge in [0.2, 0.25) is 0 Å². The maximum atomic E-state index is 12.8. The molecular formula is C18H28N4O2. The first kappa shape index (κ1) is 17.2. The molecule has 1 aromatic heterocycles. The van der Waals surface area contributed by atoms with Crippen LogP contribution in [0.2, 0.25) is 0 Å². The van der Waals surface area contributed by atoms with Gasteiger partial charge in [-0.05, 0) is 50.9 Å². The number of anilines is 1. The Morgan fingerprint density at radius 2 is 2.12 bits per heavy atom. The first-order valence-corrected chi connectivity index (χ1v) is 8.92. The number of aromatic nitrogens is 1. The van der Waals surface area contributed by atoms with Crippen LogP contribution in [0.5, 0.6) is 0 Å². The number of pyridine rings is 1. The number of nitrogens with zero attached hydrogens (tertiary/aromatic N) is 2. The standard InChI is InChI=1S/C18H28N4O2/c1-24-14-18(6-9-19-10-7-18)13-21-17(23)15-5-4-8-20-16(15)22-11-2-3-12-22/h4-5,8,19H,2-3,6-7,9-14H2,1H3,(H,21,23). The van der Waals surface area contributed by atoms with E-state index in [2.05, 4.69) is 20.5 Å². The molecule has 6 heteroatoms. The number of hydrogen-bond acceptors (Lipinski definition) is 5. The van der Waals surface area contributed by atoms with E-state index in [4.69, 9.17) is 4.74 Å². The van der Waals surface area contributed by atoms with E-state index in [0.717, 1.165) is 44.8 Å². The number of nitrogens with one attached hydrogen (secondary N) is 2. The van der Waals surface area contributed by atoms with Crippen molar-refractivity contribution in [1.82, 2.24) is 15.6 Å². The fourth-order valence-corrected chi connectivity index (χ4v) is 3.75. The zero-order chi connectivity index (χ0) is 16.8. The molecule has 24 heavy (non-hydrogen) atoms. The van der Waals surface area contributed by atoms with Crippen LogP contribution < -0.4 is 15.5 Å². The van der Waals surface area contributed by atoms with Gasteiger partial charge in [-0.2, -0.15) is 0 Å². The molecule has 2 saturated heterocycles. The van der Waals surface area contributed by atoms with Crippen LogP contribution in [-0.4, -0.2) is 57.3 Å². The highest BCUT2D eigenvalue weighted by molar-refractivity contribution is 5.98. The second-order valence-corrected chi connectivity index (χ2v) is 6.93. The average molecular weight is 332 g/mol. The highest BCUT2D eigenvalue weighted by atomic mass is 16.5. The highest BCUT2D eigenvalue weighted by Gasteiger charge is 2.33. The lowest BCUT2D eigenvalue weighted by Crippen LogP contribution is -2.47. The van der Waals surface area contributed by atoms with Crippen LogP contribution in [0.25, 0.3) is 0 Å². The van der Waals surface area contributed by atoms with Crippen molar-refractivity contribution >= 4 is 11.7 Å². The molecule has 6 nitrogen and oxygen atoms in total. The minimum Gasteiger partial charge on any atom is -0.384 e. The Labute approximate surface area is 144 Å². The maximum Gasteiger partial charge on any atom is 0.255 e. The number of rotatable bonds is 6. The number of methoxy groups -OCH3 is 1. The van der Waals surface area contributed by atoms with Gasteiger partial charge in [0.15, 0.2) is 0 Å². The molecule has 1 aromatic rings. The molecule has 3 rings (SSSR count). The molecular weight excluding hydrogens is 304 g/mol. The first-order chi connectivity index (χ1) is 11.7. The molecule has 2 aliphatic heterocycles. The molecule has 0 saturated carbocycles. The summed E-state index contributed by atoms with van der Waals surface area (Å²) in [6, 6.07) is 3.71. The minimum atomic E-state index is -0.0287. The summed E-state index contributed by atoms with van der Waals surface area (Å²) in [5.74, 6) is 0.789. The van der Waals surface area contributed by atoms with Gasteiger partial charge in [-0.3, -0.25) is 4.79 Å². The van der Waals surface area contributed by atoms with Crippen LogP contribution in [0.15, 0.2) is 18.3 Å². The minimum absolute atomic E-state index is 0.0287. The van der Waals surface area contributed by atoms with Crippen molar-refractivity contribution in [3.63, 3.8) is 0 Å². The topological polar surface area (TPSA) is 66.5 Å². The Kier molecular flexibility index (Phi) is 5.68. The molecule has 1 amide bonds. The van der Waals surface area contributed by atoms with Crippen LogP contribution in [0.1, 0.15) is 36.0 Å². The second-order valence-electron chi connectivity index (χ2n) is 6.93. The van der Waals surface area contributed by atoms with Crippen molar-refractivity contribution < 1.29 is 9.53 Å². The molecule has 2 fully saturated rings. The molecule has 2 aliphatic rings. The maximum absolute atomic E-state index is 12.8. The summed E-state index contributed by atoms with van der Waals surface area (Å²) in [5, 5.41) is 6.52. The van der Waals surface area contributed by atoms with Crippen molar-refractivity contribution in [2.75, 3.05) is 51.3 Å². The molecule has 0 atom stereocenters.